The fourth-order valence-corrected chi connectivity index (χ4v) is 2.55. The summed E-state index contributed by atoms with van der Waals surface area (Å²) in [5.41, 5.74) is 2.25. The minimum Gasteiger partial charge on any atom is -0.453 e. The Morgan fingerprint density at radius 3 is 2.85 bits per heavy atom. The lowest BCUT2D eigenvalue weighted by Gasteiger charge is -2.12. The summed E-state index contributed by atoms with van der Waals surface area (Å²) in [7, 11) is 0. The van der Waals surface area contributed by atoms with Crippen LogP contribution in [-0.4, -0.2) is 4.98 Å². The van der Waals surface area contributed by atoms with Crippen LogP contribution in [0, 0.1) is 0 Å². The van der Waals surface area contributed by atoms with E-state index in [-0.39, 0.29) is 6.04 Å². The molecule has 1 aromatic carbocycles. The van der Waals surface area contributed by atoms with Crippen LogP contribution in [0.25, 0.3) is 10.9 Å². The molecule has 0 amide bonds. The Balaban J connectivity index is 1.77. The van der Waals surface area contributed by atoms with Crippen molar-refractivity contribution in [3.8, 4) is 0 Å². The Kier molecular flexibility index (Phi) is 3.85. The summed E-state index contributed by atoms with van der Waals surface area (Å²) in [4.78, 5) is 4.47. The van der Waals surface area contributed by atoms with E-state index in [4.69, 9.17) is 4.42 Å². The molecule has 20 heavy (non-hydrogen) atoms. The first-order valence-corrected chi connectivity index (χ1v) is 7.34. The standard InChI is InChI=1S/C16H15BrN2O/c1-11(14-7-8-15(17)20-14)19-10-13-5-2-4-12-6-3-9-18-16(12)13/h2-9,11,19H,10H2,1H3. The number of benzene rings is 1. The smallest absolute Gasteiger partial charge is 0.169 e. The van der Waals surface area contributed by atoms with Crippen molar-refractivity contribution in [3.63, 3.8) is 0 Å². The van der Waals surface area contributed by atoms with Crippen LogP contribution in [0.15, 0.2) is 57.7 Å². The first-order valence-electron chi connectivity index (χ1n) is 6.55. The van der Waals surface area contributed by atoms with Crippen molar-refractivity contribution in [3.05, 3.63) is 64.7 Å². The van der Waals surface area contributed by atoms with Gasteiger partial charge in [0, 0.05) is 18.1 Å². The molecule has 0 fully saturated rings. The molecule has 2 aromatic heterocycles. The van der Waals surface area contributed by atoms with Crippen molar-refractivity contribution in [1.82, 2.24) is 10.3 Å². The summed E-state index contributed by atoms with van der Waals surface area (Å²) >= 11 is 3.32. The maximum absolute atomic E-state index is 5.56. The Morgan fingerprint density at radius 2 is 2.05 bits per heavy atom. The van der Waals surface area contributed by atoms with Gasteiger partial charge in [0.2, 0.25) is 0 Å². The van der Waals surface area contributed by atoms with Crippen LogP contribution < -0.4 is 5.32 Å². The van der Waals surface area contributed by atoms with Gasteiger partial charge in [-0.3, -0.25) is 4.98 Å². The van der Waals surface area contributed by atoms with Gasteiger partial charge in [-0.05, 0) is 46.6 Å². The molecule has 1 atom stereocenters. The maximum Gasteiger partial charge on any atom is 0.169 e. The lowest BCUT2D eigenvalue weighted by atomic mass is 10.1. The fraction of sp³-hybridized carbons (Fsp3) is 0.188. The topological polar surface area (TPSA) is 38.1 Å². The second-order valence-corrected chi connectivity index (χ2v) is 5.52. The Bertz CT molecular complexity index is 718. The zero-order valence-corrected chi connectivity index (χ0v) is 12.7. The summed E-state index contributed by atoms with van der Waals surface area (Å²) in [5.74, 6) is 0.921. The van der Waals surface area contributed by atoms with E-state index >= 15 is 0 Å². The Morgan fingerprint density at radius 1 is 1.20 bits per heavy atom. The molecular weight excluding hydrogens is 316 g/mol. The summed E-state index contributed by atoms with van der Waals surface area (Å²) in [5, 5.41) is 4.63. The number of nitrogens with one attached hydrogen (secondary N) is 1. The van der Waals surface area contributed by atoms with Gasteiger partial charge in [-0.15, -0.1) is 0 Å². The van der Waals surface area contributed by atoms with Crippen LogP contribution in [0.5, 0.6) is 0 Å². The Labute approximate surface area is 126 Å². The molecule has 3 nitrogen and oxygen atoms in total. The lowest BCUT2D eigenvalue weighted by molar-refractivity contribution is 0.418. The summed E-state index contributed by atoms with van der Waals surface area (Å²) in [6.07, 6.45) is 1.83. The molecule has 0 saturated heterocycles. The molecule has 1 unspecified atom stereocenters. The number of hydrogen-bond acceptors (Lipinski definition) is 3. The first kappa shape index (κ1) is 13.3. The minimum absolute atomic E-state index is 0.153. The van der Waals surface area contributed by atoms with Crippen LogP contribution in [-0.2, 0) is 6.54 Å². The monoisotopic (exact) mass is 330 g/mol. The van der Waals surface area contributed by atoms with Crippen molar-refractivity contribution in [2.45, 2.75) is 19.5 Å². The normalized spacial score (nSPS) is 12.7. The van der Waals surface area contributed by atoms with E-state index in [1.54, 1.807) is 0 Å². The fourth-order valence-electron chi connectivity index (χ4n) is 2.23. The van der Waals surface area contributed by atoms with Gasteiger partial charge in [-0.1, -0.05) is 24.3 Å². The highest BCUT2D eigenvalue weighted by molar-refractivity contribution is 9.10. The molecule has 3 rings (SSSR count). The van der Waals surface area contributed by atoms with E-state index in [0.29, 0.717) is 0 Å². The van der Waals surface area contributed by atoms with E-state index in [0.717, 1.165) is 22.5 Å². The number of halogens is 1. The highest BCUT2D eigenvalue weighted by atomic mass is 79.9. The summed E-state index contributed by atoms with van der Waals surface area (Å²) in [6, 6.07) is 14.3. The molecule has 0 aliphatic carbocycles. The second-order valence-electron chi connectivity index (χ2n) is 4.74. The number of hydrogen-bond donors (Lipinski definition) is 1. The van der Waals surface area contributed by atoms with Crippen LogP contribution in [0.1, 0.15) is 24.3 Å². The van der Waals surface area contributed by atoms with Gasteiger partial charge < -0.3 is 9.73 Å². The van der Waals surface area contributed by atoms with Crippen molar-refractivity contribution < 1.29 is 4.42 Å². The molecule has 0 saturated carbocycles. The van der Waals surface area contributed by atoms with E-state index in [2.05, 4.69) is 57.4 Å². The molecule has 4 heteroatoms. The third-order valence-corrected chi connectivity index (χ3v) is 3.76. The quantitative estimate of drug-likeness (QED) is 0.768. The number of furan rings is 1. The number of fused-ring (bicyclic) bond motifs is 1. The van der Waals surface area contributed by atoms with Crippen molar-refractivity contribution in [1.29, 1.82) is 0 Å². The van der Waals surface area contributed by atoms with Crippen LogP contribution in [0.2, 0.25) is 0 Å². The van der Waals surface area contributed by atoms with Gasteiger partial charge in [-0.25, -0.2) is 0 Å². The van der Waals surface area contributed by atoms with Crippen molar-refractivity contribution in [2.75, 3.05) is 0 Å². The molecule has 3 aromatic rings. The van der Waals surface area contributed by atoms with Gasteiger partial charge in [0.1, 0.15) is 5.76 Å². The third-order valence-electron chi connectivity index (χ3n) is 3.34. The molecule has 102 valence electrons. The molecule has 0 bridgehead atoms. The number of rotatable bonds is 4. The van der Waals surface area contributed by atoms with Crippen molar-refractivity contribution >= 4 is 26.8 Å². The average Bonchev–Trinajstić information content (AvgIpc) is 2.91. The minimum atomic E-state index is 0.153. The molecule has 0 aliphatic heterocycles. The van der Waals surface area contributed by atoms with E-state index in [9.17, 15) is 0 Å². The molecular formula is C16H15BrN2O. The van der Waals surface area contributed by atoms with E-state index in [1.807, 2.05) is 24.4 Å². The van der Waals surface area contributed by atoms with Crippen LogP contribution >= 0.6 is 15.9 Å². The predicted molar refractivity (Wildman–Crippen MR) is 83.4 cm³/mol. The molecule has 0 aliphatic rings. The Hall–Kier alpha value is -1.65. The van der Waals surface area contributed by atoms with Gasteiger partial charge in [-0.2, -0.15) is 0 Å². The number of pyridine rings is 1. The average molecular weight is 331 g/mol. The van der Waals surface area contributed by atoms with Gasteiger partial charge in [0.25, 0.3) is 0 Å². The summed E-state index contributed by atoms with van der Waals surface area (Å²) in [6.45, 7) is 2.84. The van der Waals surface area contributed by atoms with E-state index < -0.39 is 0 Å². The first-order chi connectivity index (χ1) is 9.74. The number of aromatic nitrogens is 1. The number of nitrogens with zero attached hydrogens (tertiary/aromatic N) is 1. The number of para-hydroxylation sites is 1. The van der Waals surface area contributed by atoms with Gasteiger partial charge in [0.15, 0.2) is 4.67 Å². The zero-order valence-electron chi connectivity index (χ0n) is 11.1. The zero-order chi connectivity index (χ0) is 13.9. The van der Waals surface area contributed by atoms with E-state index in [1.165, 1.54) is 10.9 Å². The largest absolute Gasteiger partial charge is 0.453 e. The third kappa shape index (κ3) is 2.76. The van der Waals surface area contributed by atoms with Crippen molar-refractivity contribution in [2.24, 2.45) is 0 Å². The lowest BCUT2D eigenvalue weighted by Crippen LogP contribution is -2.17. The highest BCUT2D eigenvalue weighted by Gasteiger charge is 2.10. The van der Waals surface area contributed by atoms with Crippen LogP contribution in [0.4, 0.5) is 0 Å². The molecule has 1 N–H and O–H groups in total. The predicted octanol–water partition coefficient (Wildman–Crippen LogP) is 4.44. The molecule has 2 heterocycles. The molecule has 0 spiro atoms. The van der Waals surface area contributed by atoms with Gasteiger partial charge in [0.05, 0.1) is 11.6 Å². The highest BCUT2D eigenvalue weighted by Crippen LogP contribution is 2.21. The van der Waals surface area contributed by atoms with Crippen LogP contribution in [0.3, 0.4) is 0 Å². The van der Waals surface area contributed by atoms with Gasteiger partial charge >= 0.3 is 0 Å². The SMILES string of the molecule is CC(NCc1cccc2cccnc12)c1ccc(Br)o1. The molecule has 0 radical (unpaired) electrons. The summed E-state index contributed by atoms with van der Waals surface area (Å²) < 4.78 is 6.32. The maximum atomic E-state index is 5.56. The second kappa shape index (κ2) is 5.77.